The Balaban J connectivity index is 2.20. The zero-order valence-corrected chi connectivity index (χ0v) is 12.8. The van der Waals surface area contributed by atoms with Crippen molar-refractivity contribution in [2.45, 2.75) is 51.9 Å². The molecule has 1 aliphatic rings. The van der Waals surface area contributed by atoms with Crippen molar-refractivity contribution in [3.8, 4) is 0 Å². The van der Waals surface area contributed by atoms with Crippen molar-refractivity contribution in [2.75, 3.05) is 6.54 Å². The van der Waals surface area contributed by atoms with Crippen LogP contribution in [-0.4, -0.2) is 6.54 Å². The van der Waals surface area contributed by atoms with E-state index in [2.05, 4.69) is 0 Å². The summed E-state index contributed by atoms with van der Waals surface area (Å²) in [6, 6.07) is 3.73. The van der Waals surface area contributed by atoms with Gasteiger partial charge in [-0.05, 0) is 60.3 Å². The van der Waals surface area contributed by atoms with E-state index in [0.717, 1.165) is 24.9 Å². The van der Waals surface area contributed by atoms with Gasteiger partial charge in [-0.15, -0.1) is 0 Å². The molecule has 0 amide bonds. The Hall–Kier alpha value is -0.600. The molecule has 0 heterocycles. The fraction of sp³-hybridized carbons (Fsp3) is 0.625. The standard InChI is InChI=1S/C16H23ClFN/c1-15(2,3)12-8-11(9-13(17)14(12)18)4-5-16(10-19)6-7-16/h8-9H,4-7,10,19H2,1-3H3. The topological polar surface area (TPSA) is 26.0 Å². The van der Waals surface area contributed by atoms with Gasteiger partial charge >= 0.3 is 0 Å². The van der Waals surface area contributed by atoms with Crippen molar-refractivity contribution >= 4 is 11.6 Å². The van der Waals surface area contributed by atoms with Gasteiger partial charge in [0.1, 0.15) is 5.82 Å². The Morgan fingerprint density at radius 2 is 1.95 bits per heavy atom. The molecule has 1 nitrogen and oxygen atoms in total. The Kier molecular flexibility index (Phi) is 3.95. The van der Waals surface area contributed by atoms with Gasteiger partial charge in [0.05, 0.1) is 5.02 Å². The van der Waals surface area contributed by atoms with Gasteiger partial charge in [-0.3, -0.25) is 0 Å². The fourth-order valence-electron chi connectivity index (χ4n) is 2.48. The predicted molar refractivity (Wildman–Crippen MR) is 79.2 cm³/mol. The summed E-state index contributed by atoms with van der Waals surface area (Å²) in [5.41, 5.74) is 7.75. The molecule has 1 aromatic rings. The van der Waals surface area contributed by atoms with Crippen LogP contribution in [0.3, 0.4) is 0 Å². The van der Waals surface area contributed by atoms with E-state index in [-0.39, 0.29) is 16.3 Å². The molecule has 1 saturated carbocycles. The second kappa shape index (κ2) is 5.06. The van der Waals surface area contributed by atoms with Crippen LogP contribution in [0.1, 0.15) is 51.2 Å². The zero-order chi connectivity index (χ0) is 14.3. The van der Waals surface area contributed by atoms with E-state index in [0.29, 0.717) is 11.0 Å². The van der Waals surface area contributed by atoms with Crippen LogP contribution in [0, 0.1) is 11.2 Å². The van der Waals surface area contributed by atoms with Gasteiger partial charge in [0, 0.05) is 0 Å². The van der Waals surface area contributed by atoms with Crippen LogP contribution in [0.15, 0.2) is 12.1 Å². The summed E-state index contributed by atoms with van der Waals surface area (Å²) in [5.74, 6) is -0.280. The molecule has 0 bridgehead atoms. The quantitative estimate of drug-likeness (QED) is 0.868. The number of hydrogen-bond donors (Lipinski definition) is 1. The summed E-state index contributed by atoms with van der Waals surface area (Å²) in [7, 11) is 0. The maximum atomic E-state index is 14.1. The van der Waals surface area contributed by atoms with Crippen LogP contribution in [0.4, 0.5) is 4.39 Å². The van der Waals surface area contributed by atoms with E-state index >= 15 is 0 Å². The number of benzene rings is 1. The van der Waals surface area contributed by atoms with Crippen LogP contribution in [0.2, 0.25) is 5.02 Å². The number of halogens is 2. The van der Waals surface area contributed by atoms with Gasteiger partial charge in [0.25, 0.3) is 0 Å². The Morgan fingerprint density at radius 3 is 2.42 bits per heavy atom. The van der Waals surface area contributed by atoms with Crippen LogP contribution >= 0.6 is 11.6 Å². The number of hydrogen-bond acceptors (Lipinski definition) is 1. The van der Waals surface area contributed by atoms with Gasteiger partial charge in [-0.2, -0.15) is 0 Å². The van der Waals surface area contributed by atoms with E-state index in [1.165, 1.54) is 12.8 Å². The van der Waals surface area contributed by atoms with Crippen LogP contribution in [0.25, 0.3) is 0 Å². The van der Waals surface area contributed by atoms with Gasteiger partial charge in [0.2, 0.25) is 0 Å². The smallest absolute Gasteiger partial charge is 0.145 e. The third-order valence-corrected chi connectivity index (χ3v) is 4.51. The highest BCUT2D eigenvalue weighted by atomic mass is 35.5. The summed E-state index contributed by atoms with van der Waals surface area (Å²) >= 11 is 6.02. The van der Waals surface area contributed by atoms with Crippen LogP contribution < -0.4 is 5.73 Å². The lowest BCUT2D eigenvalue weighted by Gasteiger charge is -2.22. The molecule has 0 spiro atoms. The molecule has 3 heteroatoms. The number of rotatable bonds is 4. The highest BCUT2D eigenvalue weighted by molar-refractivity contribution is 6.30. The minimum absolute atomic E-state index is 0.227. The normalized spacial score (nSPS) is 17.6. The van der Waals surface area contributed by atoms with Gasteiger partial charge in [0.15, 0.2) is 0 Å². The first-order valence-corrected chi connectivity index (χ1v) is 7.34. The average molecular weight is 284 g/mol. The van der Waals surface area contributed by atoms with E-state index < -0.39 is 0 Å². The SMILES string of the molecule is CC(C)(C)c1cc(CCC2(CN)CC2)cc(Cl)c1F. The zero-order valence-electron chi connectivity index (χ0n) is 12.0. The molecule has 2 rings (SSSR count). The summed E-state index contributed by atoms with van der Waals surface area (Å²) in [6.45, 7) is 6.78. The van der Waals surface area contributed by atoms with Gasteiger partial charge in [-0.1, -0.05) is 38.4 Å². The molecular weight excluding hydrogens is 261 g/mol. The molecule has 106 valence electrons. The second-order valence-electron chi connectivity index (χ2n) is 6.89. The lowest BCUT2D eigenvalue weighted by molar-refractivity contribution is 0.477. The molecule has 1 fully saturated rings. The molecule has 0 aromatic heterocycles. The first kappa shape index (κ1) is 14.8. The van der Waals surface area contributed by atoms with Crippen molar-refractivity contribution in [3.63, 3.8) is 0 Å². The maximum Gasteiger partial charge on any atom is 0.145 e. The molecule has 0 saturated heterocycles. The molecule has 19 heavy (non-hydrogen) atoms. The maximum absolute atomic E-state index is 14.1. The minimum Gasteiger partial charge on any atom is -0.330 e. The molecule has 0 aliphatic heterocycles. The Morgan fingerprint density at radius 1 is 1.32 bits per heavy atom. The summed E-state index contributed by atoms with van der Waals surface area (Å²) in [5, 5.41) is 0.236. The van der Waals surface area contributed by atoms with Crippen molar-refractivity contribution in [1.82, 2.24) is 0 Å². The van der Waals surface area contributed by atoms with Crippen molar-refractivity contribution in [3.05, 3.63) is 34.1 Å². The van der Waals surface area contributed by atoms with E-state index in [9.17, 15) is 4.39 Å². The van der Waals surface area contributed by atoms with E-state index in [1.54, 1.807) is 6.07 Å². The largest absolute Gasteiger partial charge is 0.330 e. The van der Waals surface area contributed by atoms with Crippen molar-refractivity contribution in [1.29, 1.82) is 0 Å². The summed E-state index contributed by atoms with van der Waals surface area (Å²) in [6.07, 6.45) is 4.46. The van der Waals surface area contributed by atoms with E-state index in [1.807, 2.05) is 26.8 Å². The first-order valence-electron chi connectivity index (χ1n) is 6.96. The third-order valence-electron chi connectivity index (χ3n) is 4.23. The van der Waals surface area contributed by atoms with Crippen molar-refractivity contribution in [2.24, 2.45) is 11.1 Å². The average Bonchev–Trinajstić information content (AvgIpc) is 3.10. The molecule has 1 aromatic carbocycles. The predicted octanol–water partition coefficient (Wildman–Crippen LogP) is 4.45. The Bertz CT molecular complexity index is 472. The highest BCUT2D eigenvalue weighted by Gasteiger charge is 2.40. The number of nitrogens with two attached hydrogens (primary N) is 1. The fourth-order valence-corrected chi connectivity index (χ4v) is 2.72. The van der Waals surface area contributed by atoms with Gasteiger partial charge < -0.3 is 5.73 Å². The van der Waals surface area contributed by atoms with Crippen molar-refractivity contribution < 1.29 is 4.39 Å². The second-order valence-corrected chi connectivity index (χ2v) is 7.30. The molecular formula is C16H23ClFN. The molecule has 0 radical (unpaired) electrons. The van der Waals surface area contributed by atoms with Crippen LogP contribution in [0.5, 0.6) is 0 Å². The number of aryl methyl sites for hydroxylation is 1. The minimum atomic E-state index is -0.280. The van der Waals surface area contributed by atoms with Gasteiger partial charge in [-0.25, -0.2) is 4.39 Å². The molecule has 1 aliphatic carbocycles. The monoisotopic (exact) mass is 283 g/mol. The summed E-state index contributed by atoms with van der Waals surface area (Å²) < 4.78 is 14.1. The molecule has 0 unspecified atom stereocenters. The third kappa shape index (κ3) is 3.29. The highest BCUT2D eigenvalue weighted by Crippen LogP contribution is 2.48. The van der Waals surface area contributed by atoms with E-state index in [4.69, 9.17) is 17.3 Å². The summed E-state index contributed by atoms with van der Waals surface area (Å²) in [4.78, 5) is 0. The van der Waals surface area contributed by atoms with Crippen LogP contribution in [-0.2, 0) is 11.8 Å². The molecule has 2 N–H and O–H groups in total. The first-order chi connectivity index (χ1) is 8.77. The molecule has 0 atom stereocenters. The Labute approximate surface area is 120 Å². The lowest BCUT2D eigenvalue weighted by Crippen LogP contribution is -2.17. The lowest BCUT2D eigenvalue weighted by atomic mass is 9.84.